The Balaban J connectivity index is 2.17. The molecule has 3 rings (SSSR count). The Bertz CT molecular complexity index is 1290. The molecule has 0 saturated heterocycles. The van der Waals surface area contributed by atoms with E-state index >= 15 is 0 Å². The van der Waals surface area contributed by atoms with E-state index in [-0.39, 0.29) is 9.79 Å². The summed E-state index contributed by atoms with van der Waals surface area (Å²) in [6.45, 7) is 0. The zero-order valence-electron chi connectivity index (χ0n) is 16.5. The molecule has 0 aliphatic rings. The summed E-state index contributed by atoms with van der Waals surface area (Å²) < 4.78 is 52.1. The molecule has 0 amide bonds. The minimum atomic E-state index is -4.48. The summed E-state index contributed by atoms with van der Waals surface area (Å²) in [5.74, 6) is 0. The normalized spacial score (nSPS) is 12.6. The number of hydrogen-bond donors (Lipinski definition) is 0. The third-order valence-electron chi connectivity index (χ3n) is 4.63. The lowest BCUT2D eigenvalue weighted by Crippen LogP contribution is -2.32. The van der Waals surface area contributed by atoms with Gasteiger partial charge in [0.15, 0.2) is 24.3 Å². The Labute approximate surface area is 194 Å². The van der Waals surface area contributed by atoms with Crippen LogP contribution in [0, 0.1) is 10.1 Å². The van der Waals surface area contributed by atoms with Gasteiger partial charge in [0.2, 0.25) is 5.70 Å². The topological polar surface area (TPSA) is 111 Å². The SMILES string of the molecule is O=[N+]([O-])/C(=C/c1cccc(Br)c1)CC(S(=O)(=O)c1ccccc1)S(=O)(=O)c1ccccc1. The predicted molar refractivity (Wildman–Crippen MR) is 125 cm³/mol. The predicted octanol–water partition coefficient (Wildman–Crippen LogP) is 4.73. The quantitative estimate of drug-likeness (QED) is 0.304. The van der Waals surface area contributed by atoms with E-state index in [0.717, 1.165) is 0 Å². The minimum absolute atomic E-state index is 0.227. The molecule has 0 heterocycles. The van der Waals surface area contributed by atoms with E-state index in [1.807, 2.05) is 0 Å². The van der Waals surface area contributed by atoms with Crippen molar-refractivity contribution in [3.05, 3.63) is 111 Å². The molecule has 0 saturated carbocycles. The Morgan fingerprint density at radius 2 is 1.34 bits per heavy atom. The van der Waals surface area contributed by atoms with Crippen LogP contribution in [0.15, 0.2) is 105 Å². The first-order valence-electron chi connectivity index (χ1n) is 9.31. The van der Waals surface area contributed by atoms with Crippen LogP contribution in [-0.4, -0.2) is 26.3 Å². The molecule has 0 aromatic heterocycles. The molecule has 0 fully saturated rings. The second kappa shape index (κ2) is 9.76. The van der Waals surface area contributed by atoms with Gasteiger partial charge < -0.3 is 0 Å². The highest BCUT2D eigenvalue weighted by molar-refractivity contribution is 9.10. The van der Waals surface area contributed by atoms with Gasteiger partial charge in [0.25, 0.3) is 0 Å². The van der Waals surface area contributed by atoms with Crippen LogP contribution in [0.3, 0.4) is 0 Å². The number of benzene rings is 3. The Morgan fingerprint density at radius 1 is 0.844 bits per heavy atom. The highest BCUT2D eigenvalue weighted by atomic mass is 79.9. The van der Waals surface area contributed by atoms with Gasteiger partial charge in [-0.15, -0.1) is 0 Å². The summed E-state index contributed by atoms with van der Waals surface area (Å²) in [6.07, 6.45) is 0.354. The van der Waals surface area contributed by atoms with Crippen LogP contribution in [0.5, 0.6) is 0 Å². The van der Waals surface area contributed by atoms with Crippen molar-refractivity contribution in [3.8, 4) is 0 Å². The summed E-state index contributed by atoms with van der Waals surface area (Å²) in [6, 6.07) is 20.7. The van der Waals surface area contributed by atoms with E-state index in [4.69, 9.17) is 0 Å². The van der Waals surface area contributed by atoms with E-state index in [1.165, 1.54) is 54.6 Å². The smallest absolute Gasteiger partial charge is 0.249 e. The zero-order chi connectivity index (χ0) is 23.4. The zero-order valence-corrected chi connectivity index (χ0v) is 19.8. The first-order chi connectivity index (χ1) is 15.1. The molecule has 0 bridgehead atoms. The van der Waals surface area contributed by atoms with E-state index in [0.29, 0.717) is 10.0 Å². The van der Waals surface area contributed by atoms with Crippen LogP contribution < -0.4 is 0 Å². The van der Waals surface area contributed by atoms with Gasteiger partial charge >= 0.3 is 0 Å². The number of rotatable bonds is 8. The molecule has 0 aliphatic carbocycles. The van der Waals surface area contributed by atoms with Gasteiger partial charge in [-0.2, -0.15) is 0 Å². The van der Waals surface area contributed by atoms with E-state index in [1.54, 1.807) is 36.4 Å². The van der Waals surface area contributed by atoms with Gasteiger partial charge in [-0.05, 0) is 42.0 Å². The van der Waals surface area contributed by atoms with Crippen molar-refractivity contribution in [3.63, 3.8) is 0 Å². The molecule has 0 radical (unpaired) electrons. The van der Waals surface area contributed by atoms with Crippen molar-refractivity contribution in [2.75, 3.05) is 0 Å². The Morgan fingerprint density at radius 3 is 1.78 bits per heavy atom. The van der Waals surface area contributed by atoms with Gasteiger partial charge in [-0.1, -0.05) is 64.5 Å². The van der Waals surface area contributed by atoms with Crippen LogP contribution in [-0.2, 0) is 19.7 Å². The maximum absolute atomic E-state index is 13.4. The molecule has 3 aromatic carbocycles. The van der Waals surface area contributed by atoms with Gasteiger partial charge in [0.1, 0.15) is 0 Å². The highest BCUT2D eigenvalue weighted by Crippen LogP contribution is 2.31. The fourth-order valence-electron chi connectivity index (χ4n) is 3.06. The summed E-state index contributed by atoms with van der Waals surface area (Å²) in [5.41, 5.74) is -0.105. The molecule has 0 N–H and O–H groups in total. The number of halogens is 1. The maximum Gasteiger partial charge on any atom is 0.249 e. The average Bonchev–Trinajstić information content (AvgIpc) is 2.77. The molecule has 166 valence electrons. The van der Waals surface area contributed by atoms with E-state index < -0.39 is 41.3 Å². The molecule has 10 heteroatoms. The third-order valence-corrected chi connectivity index (χ3v) is 10.2. The third kappa shape index (κ3) is 5.32. The second-order valence-electron chi connectivity index (χ2n) is 6.80. The van der Waals surface area contributed by atoms with Crippen molar-refractivity contribution in [1.29, 1.82) is 0 Å². The minimum Gasteiger partial charge on any atom is -0.259 e. The summed E-state index contributed by atoms with van der Waals surface area (Å²) >= 11 is 3.27. The lowest BCUT2D eigenvalue weighted by Gasteiger charge is -2.18. The first kappa shape index (κ1) is 23.8. The lowest BCUT2D eigenvalue weighted by molar-refractivity contribution is -0.425. The molecule has 32 heavy (non-hydrogen) atoms. The number of sulfone groups is 2. The summed E-state index contributed by atoms with van der Waals surface area (Å²) in [5, 5.41) is 11.8. The van der Waals surface area contributed by atoms with Gasteiger partial charge in [0, 0.05) is 10.5 Å². The van der Waals surface area contributed by atoms with Crippen LogP contribution in [0.25, 0.3) is 6.08 Å². The first-order valence-corrected chi connectivity index (χ1v) is 13.2. The van der Waals surface area contributed by atoms with Crippen LogP contribution in [0.1, 0.15) is 12.0 Å². The van der Waals surface area contributed by atoms with Crippen LogP contribution in [0.4, 0.5) is 0 Å². The Hall–Kier alpha value is -2.82. The van der Waals surface area contributed by atoms with Gasteiger partial charge in [0.05, 0.1) is 21.1 Å². The van der Waals surface area contributed by atoms with Gasteiger partial charge in [-0.3, -0.25) is 10.1 Å². The summed E-state index contributed by atoms with van der Waals surface area (Å²) in [4.78, 5) is 10.6. The number of nitrogens with zero attached hydrogens (tertiary/aromatic N) is 1. The van der Waals surface area contributed by atoms with Gasteiger partial charge in [-0.25, -0.2) is 16.8 Å². The molecule has 0 aliphatic heterocycles. The van der Waals surface area contributed by atoms with Crippen LogP contribution >= 0.6 is 15.9 Å². The number of nitro groups is 1. The number of allylic oxidation sites excluding steroid dienone is 1. The van der Waals surface area contributed by atoms with E-state index in [9.17, 15) is 26.9 Å². The van der Waals surface area contributed by atoms with Crippen molar-refractivity contribution >= 4 is 41.7 Å². The molecule has 3 aromatic rings. The number of hydrogen-bond acceptors (Lipinski definition) is 6. The van der Waals surface area contributed by atoms with Crippen molar-refractivity contribution < 1.29 is 21.8 Å². The molecular formula is C22H18BrNO6S2. The fraction of sp³-hybridized carbons (Fsp3) is 0.0909. The average molecular weight is 536 g/mol. The van der Waals surface area contributed by atoms with Crippen molar-refractivity contribution in [2.45, 2.75) is 20.8 Å². The van der Waals surface area contributed by atoms with Crippen molar-refractivity contribution in [2.24, 2.45) is 0 Å². The standard InChI is InChI=1S/C22H18BrNO6S2/c23-18-9-7-8-17(14-18)15-19(24(25)26)16-22(31(27,28)20-10-3-1-4-11-20)32(29,30)21-12-5-2-6-13-21/h1-15,22H,16H2/b19-15+. The largest absolute Gasteiger partial charge is 0.259 e. The molecule has 0 spiro atoms. The molecule has 0 unspecified atom stereocenters. The molecular weight excluding hydrogens is 518 g/mol. The molecule has 7 nitrogen and oxygen atoms in total. The molecule has 0 atom stereocenters. The van der Waals surface area contributed by atoms with Crippen LogP contribution in [0.2, 0.25) is 0 Å². The summed E-state index contributed by atoms with van der Waals surface area (Å²) in [7, 11) is -8.96. The highest BCUT2D eigenvalue weighted by Gasteiger charge is 2.42. The van der Waals surface area contributed by atoms with Crippen molar-refractivity contribution in [1.82, 2.24) is 0 Å². The fourth-order valence-corrected chi connectivity index (χ4v) is 7.93. The monoisotopic (exact) mass is 535 g/mol. The Kier molecular flexibility index (Phi) is 7.27. The maximum atomic E-state index is 13.4. The van der Waals surface area contributed by atoms with E-state index in [2.05, 4.69) is 15.9 Å². The lowest BCUT2D eigenvalue weighted by atomic mass is 10.2. The second-order valence-corrected chi connectivity index (χ2v) is 12.3.